The van der Waals surface area contributed by atoms with Gasteiger partial charge in [0, 0.05) is 18.5 Å². The fourth-order valence-corrected chi connectivity index (χ4v) is 2.96. The zero-order valence-electron chi connectivity index (χ0n) is 14.0. The van der Waals surface area contributed by atoms with Gasteiger partial charge in [-0.2, -0.15) is 4.98 Å². The van der Waals surface area contributed by atoms with Gasteiger partial charge in [0.2, 0.25) is 11.7 Å². The van der Waals surface area contributed by atoms with E-state index in [9.17, 15) is 4.79 Å². The van der Waals surface area contributed by atoms with Crippen LogP contribution in [0, 0.1) is 6.92 Å². The summed E-state index contributed by atoms with van der Waals surface area (Å²) in [5, 5.41) is 6.94. The molecule has 0 bridgehead atoms. The lowest BCUT2D eigenvalue weighted by molar-refractivity contribution is -0.123. The molecule has 1 fully saturated rings. The van der Waals surface area contributed by atoms with Crippen LogP contribution < -0.4 is 10.1 Å². The van der Waals surface area contributed by atoms with Crippen LogP contribution in [0.3, 0.4) is 0 Å². The van der Waals surface area contributed by atoms with Crippen molar-refractivity contribution in [3.8, 4) is 17.1 Å². The summed E-state index contributed by atoms with van der Waals surface area (Å²) in [6.45, 7) is 1.79. The first-order chi connectivity index (χ1) is 11.7. The summed E-state index contributed by atoms with van der Waals surface area (Å²) < 4.78 is 10.5. The van der Waals surface area contributed by atoms with Gasteiger partial charge in [0.1, 0.15) is 5.75 Å². The highest BCUT2D eigenvalue weighted by Crippen LogP contribution is 2.20. The molecular formula is C18H23N3O3. The topological polar surface area (TPSA) is 77.2 Å². The van der Waals surface area contributed by atoms with E-state index >= 15 is 0 Å². The molecule has 0 atom stereocenters. The smallest absolute Gasteiger partial charge is 0.258 e. The summed E-state index contributed by atoms with van der Waals surface area (Å²) >= 11 is 0. The van der Waals surface area contributed by atoms with Gasteiger partial charge in [-0.25, -0.2) is 0 Å². The van der Waals surface area contributed by atoms with Crippen LogP contribution in [0.25, 0.3) is 11.4 Å². The number of nitrogens with zero attached hydrogens (tertiary/aromatic N) is 2. The van der Waals surface area contributed by atoms with Crippen molar-refractivity contribution < 1.29 is 14.1 Å². The maximum Gasteiger partial charge on any atom is 0.258 e. The van der Waals surface area contributed by atoms with Gasteiger partial charge < -0.3 is 14.6 Å². The SMILES string of the molecule is Cc1nc(-c2ccc(OCC(=O)NC3CCCCCC3)cc2)no1. The number of rotatable bonds is 5. The zero-order chi connectivity index (χ0) is 16.8. The summed E-state index contributed by atoms with van der Waals surface area (Å²) in [7, 11) is 0. The highest BCUT2D eigenvalue weighted by Gasteiger charge is 2.15. The van der Waals surface area contributed by atoms with E-state index in [1.54, 1.807) is 19.1 Å². The van der Waals surface area contributed by atoms with E-state index in [-0.39, 0.29) is 12.5 Å². The van der Waals surface area contributed by atoms with Crippen LogP contribution in [0.15, 0.2) is 28.8 Å². The first-order valence-corrected chi connectivity index (χ1v) is 8.53. The van der Waals surface area contributed by atoms with E-state index < -0.39 is 0 Å². The first-order valence-electron chi connectivity index (χ1n) is 8.53. The molecule has 1 aliphatic carbocycles. The fraction of sp³-hybridized carbons (Fsp3) is 0.500. The number of carbonyl (C=O) groups is 1. The Morgan fingerprint density at radius 3 is 2.54 bits per heavy atom. The zero-order valence-corrected chi connectivity index (χ0v) is 14.0. The van der Waals surface area contributed by atoms with Gasteiger partial charge >= 0.3 is 0 Å². The van der Waals surface area contributed by atoms with Crippen LogP contribution in [0.2, 0.25) is 0 Å². The largest absolute Gasteiger partial charge is 0.484 e. The first kappa shape index (κ1) is 16.5. The number of aryl methyl sites for hydroxylation is 1. The lowest BCUT2D eigenvalue weighted by Gasteiger charge is -2.16. The van der Waals surface area contributed by atoms with Gasteiger partial charge in [0.05, 0.1) is 0 Å². The average Bonchev–Trinajstić information content (AvgIpc) is 2.86. The van der Waals surface area contributed by atoms with Crippen molar-refractivity contribution in [2.24, 2.45) is 0 Å². The molecule has 0 spiro atoms. The Balaban J connectivity index is 1.48. The number of amides is 1. The Morgan fingerprint density at radius 1 is 1.21 bits per heavy atom. The number of benzene rings is 1. The molecule has 1 amide bonds. The lowest BCUT2D eigenvalue weighted by atomic mass is 10.1. The molecule has 1 aliphatic rings. The molecule has 0 radical (unpaired) electrons. The van der Waals surface area contributed by atoms with Gasteiger partial charge in [-0.15, -0.1) is 0 Å². The number of hydrogen-bond donors (Lipinski definition) is 1. The standard InChI is InChI=1S/C18H23N3O3/c1-13-19-18(21-24-13)14-8-10-16(11-9-14)23-12-17(22)20-15-6-4-2-3-5-7-15/h8-11,15H,2-7,12H2,1H3,(H,20,22). The molecule has 1 aromatic carbocycles. The van der Waals surface area contributed by atoms with Crippen molar-refractivity contribution in [3.63, 3.8) is 0 Å². The highest BCUT2D eigenvalue weighted by molar-refractivity contribution is 5.77. The summed E-state index contributed by atoms with van der Waals surface area (Å²) in [6, 6.07) is 7.61. The lowest BCUT2D eigenvalue weighted by Crippen LogP contribution is -2.37. The van der Waals surface area contributed by atoms with Crippen molar-refractivity contribution in [1.29, 1.82) is 0 Å². The van der Waals surface area contributed by atoms with Crippen molar-refractivity contribution in [1.82, 2.24) is 15.5 Å². The van der Waals surface area contributed by atoms with Crippen molar-refractivity contribution in [3.05, 3.63) is 30.2 Å². The molecule has 1 aromatic heterocycles. The van der Waals surface area contributed by atoms with Crippen molar-refractivity contribution >= 4 is 5.91 Å². The van der Waals surface area contributed by atoms with Gasteiger partial charge in [-0.05, 0) is 37.1 Å². The molecule has 1 heterocycles. The van der Waals surface area contributed by atoms with Gasteiger partial charge in [0.15, 0.2) is 6.61 Å². The third-order valence-corrected chi connectivity index (χ3v) is 4.23. The molecule has 1 N–H and O–H groups in total. The molecule has 128 valence electrons. The Bertz CT molecular complexity index is 658. The van der Waals surface area contributed by atoms with Gasteiger partial charge in [-0.3, -0.25) is 4.79 Å². The summed E-state index contributed by atoms with van der Waals surface area (Å²) in [5.74, 6) is 1.67. The predicted octanol–water partition coefficient (Wildman–Crippen LogP) is 3.26. The second-order valence-corrected chi connectivity index (χ2v) is 6.21. The van der Waals surface area contributed by atoms with Crippen LogP contribution >= 0.6 is 0 Å². The second kappa shape index (κ2) is 7.95. The summed E-state index contributed by atoms with van der Waals surface area (Å²) in [4.78, 5) is 16.2. The minimum atomic E-state index is -0.0558. The monoisotopic (exact) mass is 329 g/mol. The molecule has 0 aliphatic heterocycles. The van der Waals surface area contributed by atoms with E-state index in [1.165, 1.54) is 25.7 Å². The van der Waals surface area contributed by atoms with Crippen LogP contribution in [0.5, 0.6) is 5.75 Å². The van der Waals surface area contributed by atoms with Gasteiger partial charge in [0.25, 0.3) is 5.91 Å². The van der Waals surface area contributed by atoms with E-state index in [4.69, 9.17) is 9.26 Å². The second-order valence-electron chi connectivity index (χ2n) is 6.21. The molecule has 2 aromatic rings. The minimum absolute atomic E-state index is 0.0389. The van der Waals surface area contributed by atoms with E-state index in [2.05, 4.69) is 15.5 Å². The number of carbonyl (C=O) groups excluding carboxylic acids is 1. The van der Waals surface area contributed by atoms with Crippen molar-refractivity contribution in [2.45, 2.75) is 51.5 Å². The summed E-state index contributed by atoms with van der Waals surface area (Å²) in [5.41, 5.74) is 0.849. The maximum atomic E-state index is 12.0. The number of aromatic nitrogens is 2. The van der Waals surface area contributed by atoms with E-state index in [0.717, 1.165) is 18.4 Å². The highest BCUT2D eigenvalue weighted by atomic mass is 16.5. The Morgan fingerprint density at radius 2 is 1.92 bits per heavy atom. The normalized spacial score (nSPS) is 15.7. The van der Waals surface area contributed by atoms with Crippen LogP contribution in [0.1, 0.15) is 44.4 Å². The minimum Gasteiger partial charge on any atom is -0.484 e. The molecule has 6 nitrogen and oxygen atoms in total. The molecule has 24 heavy (non-hydrogen) atoms. The molecular weight excluding hydrogens is 306 g/mol. The van der Waals surface area contributed by atoms with Crippen LogP contribution in [0.4, 0.5) is 0 Å². The Labute approximate surface area is 141 Å². The molecule has 6 heteroatoms. The Hall–Kier alpha value is -2.37. The molecule has 1 saturated carbocycles. The maximum absolute atomic E-state index is 12.0. The third-order valence-electron chi connectivity index (χ3n) is 4.23. The molecule has 0 saturated heterocycles. The number of nitrogens with one attached hydrogen (secondary N) is 1. The Kier molecular flexibility index (Phi) is 5.46. The average molecular weight is 329 g/mol. The van der Waals surface area contributed by atoms with Crippen molar-refractivity contribution in [2.75, 3.05) is 6.61 Å². The van der Waals surface area contributed by atoms with Crippen LogP contribution in [-0.4, -0.2) is 28.7 Å². The van der Waals surface area contributed by atoms with E-state index in [0.29, 0.717) is 23.5 Å². The molecule has 0 unspecified atom stereocenters. The predicted molar refractivity (Wildman–Crippen MR) is 89.6 cm³/mol. The molecule has 3 rings (SSSR count). The number of hydrogen-bond acceptors (Lipinski definition) is 5. The van der Waals surface area contributed by atoms with E-state index in [1.807, 2.05) is 12.1 Å². The number of ether oxygens (including phenoxy) is 1. The van der Waals surface area contributed by atoms with Gasteiger partial charge in [-0.1, -0.05) is 30.8 Å². The summed E-state index contributed by atoms with van der Waals surface area (Å²) in [6.07, 6.45) is 7.09. The van der Waals surface area contributed by atoms with Crippen LogP contribution in [-0.2, 0) is 4.79 Å². The fourth-order valence-electron chi connectivity index (χ4n) is 2.96. The quantitative estimate of drug-likeness (QED) is 0.852. The third kappa shape index (κ3) is 4.57.